The summed E-state index contributed by atoms with van der Waals surface area (Å²) < 4.78 is 31.3. The number of hydrogen-bond acceptors (Lipinski definition) is 6. The highest BCUT2D eigenvalue weighted by molar-refractivity contribution is 7.92. The van der Waals surface area contributed by atoms with Crippen LogP contribution in [-0.2, 0) is 19.6 Å². The van der Waals surface area contributed by atoms with Gasteiger partial charge >= 0.3 is 0 Å². The Morgan fingerprint density at radius 1 is 1.16 bits per heavy atom. The van der Waals surface area contributed by atoms with Crippen LogP contribution >= 0.6 is 0 Å². The Balaban J connectivity index is 1.91. The fraction of sp³-hybridized carbons (Fsp3) is 0.267. The third-order valence-electron chi connectivity index (χ3n) is 2.95. The van der Waals surface area contributed by atoms with Crippen LogP contribution in [-0.4, -0.2) is 31.1 Å². The van der Waals surface area contributed by atoms with Crippen molar-refractivity contribution >= 4 is 39.0 Å². The van der Waals surface area contributed by atoms with E-state index in [9.17, 15) is 18.0 Å². The molecule has 9 nitrogen and oxygen atoms in total. The zero-order chi connectivity index (χ0) is 18.4. The van der Waals surface area contributed by atoms with Gasteiger partial charge in [0.25, 0.3) is 0 Å². The van der Waals surface area contributed by atoms with Crippen LogP contribution in [0.25, 0.3) is 0 Å². The molecule has 0 saturated heterocycles. The average molecular weight is 366 g/mol. The smallest absolute Gasteiger partial charge is 0.233 e. The van der Waals surface area contributed by atoms with Crippen molar-refractivity contribution in [3.05, 3.63) is 36.1 Å². The predicted octanol–water partition coefficient (Wildman–Crippen LogP) is 1.71. The number of nitrogens with one attached hydrogen (secondary N) is 3. The maximum absolute atomic E-state index is 12.1. The number of nitrogens with zero attached hydrogens (tertiary/aromatic N) is 1. The number of benzene rings is 1. The molecule has 0 spiro atoms. The standard InChI is InChI=1S/C15H18N4O5S/c1-10-8-14(18-24-10)17-15(21)6-7-25(22,23)19-13-5-3-4-12(9-13)16-11(2)20/h3-5,8-9,19H,6-7H2,1-2H3,(H,16,20)(H,17,18,21). The lowest BCUT2D eigenvalue weighted by atomic mass is 10.3. The van der Waals surface area contributed by atoms with Gasteiger partial charge in [0.2, 0.25) is 21.8 Å². The van der Waals surface area contributed by atoms with Crippen molar-refractivity contribution in [1.29, 1.82) is 0 Å². The van der Waals surface area contributed by atoms with Crippen LogP contribution < -0.4 is 15.4 Å². The molecule has 0 unspecified atom stereocenters. The van der Waals surface area contributed by atoms with Crippen molar-refractivity contribution in [3.63, 3.8) is 0 Å². The van der Waals surface area contributed by atoms with E-state index in [1.54, 1.807) is 25.1 Å². The molecule has 0 aliphatic heterocycles. The Hall–Kier alpha value is -2.88. The van der Waals surface area contributed by atoms with Crippen molar-refractivity contribution in [1.82, 2.24) is 5.16 Å². The quantitative estimate of drug-likeness (QED) is 0.684. The fourth-order valence-corrected chi connectivity index (χ4v) is 2.99. The van der Waals surface area contributed by atoms with E-state index in [2.05, 4.69) is 20.5 Å². The molecule has 0 aliphatic carbocycles. The van der Waals surface area contributed by atoms with E-state index < -0.39 is 21.7 Å². The van der Waals surface area contributed by atoms with Gasteiger partial charge in [0.05, 0.1) is 11.4 Å². The van der Waals surface area contributed by atoms with Crippen LogP contribution in [0.1, 0.15) is 19.1 Å². The second-order valence-electron chi connectivity index (χ2n) is 5.30. The number of rotatable bonds is 7. The Bertz CT molecular complexity index is 876. The molecular weight excluding hydrogens is 348 g/mol. The Labute approximate surface area is 144 Å². The van der Waals surface area contributed by atoms with Gasteiger partial charge in [0.15, 0.2) is 5.82 Å². The summed E-state index contributed by atoms with van der Waals surface area (Å²) in [6, 6.07) is 7.78. The normalized spacial score (nSPS) is 11.0. The van der Waals surface area contributed by atoms with Crippen molar-refractivity contribution in [2.24, 2.45) is 0 Å². The molecule has 2 amide bonds. The first-order valence-corrected chi connectivity index (χ1v) is 9.00. The monoisotopic (exact) mass is 366 g/mol. The molecule has 0 bridgehead atoms. The van der Waals surface area contributed by atoms with E-state index >= 15 is 0 Å². The Morgan fingerprint density at radius 2 is 1.88 bits per heavy atom. The highest BCUT2D eigenvalue weighted by atomic mass is 32.2. The lowest BCUT2D eigenvalue weighted by Crippen LogP contribution is -2.22. The molecule has 1 aromatic heterocycles. The minimum Gasteiger partial charge on any atom is -0.360 e. The summed E-state index contributed by atoms with van der Waals surface area (Å²) in [6.07, 6.45) is -0.243. The lowest BCUT2D eigenvalue weighted by Gasteiger charge is -2.09. The van der Waals surface area contributed by atoms with Gasteiger partial charge in [-0.25, -0.2) is 8.42 Å². The summed E-state index contributed by atoms with van der Waals surface area (Å²) in [6.45, 7) is 3.03. The van der Waals surface area contributed by atoms with Gasteiger partial charge < -0.3 is 15.2 Å². The Kier molecular flexibility index (Phi) is 5.75. The molecule has 134 valence electrons. The summed E-state index contributed by atoms with van der Waals surface area (Å²) in [4.78, 5) is 22.8. The van der Waals surface area contributed by atoms with Gasteiger partial charge in [-0.2, -0.15) is 0 Å². The maximum atomic E-state index is 12.1. The van der Waals surface area contributed by atoms with Crippen LogP contribution in [0.4, 0.5) is 17.2 Å². The SMILES string of the molecule is CC(=O)Nc1cccc(NS(=O)(=O)CCC(=O)Nc2cc(C)on2)c1. The zero-order valence-electron chi connectivity index (χ0n) is 13.7. The molecule has 2 rings (SSSR count). The van der Waals surface area contributed by atoms with Gasteiger partial charge in [-0.05, 0) is 25.1 Å². The number of amides is 2. The number of carbonyl (C=O) groups excluding carboxylic acids is 2. The topological polar surface area (TPSA) is 130 Å². The minimum absolute atomic E-state index is 0.232. The van der Waals surface area contributed by atoms with Gasteiger partial charge in [-0.15, -0.1) is 0 Å². The van der Waals surface area contributed by atoms with E-state index in [0.717, 1.165) is 0 Å². The van der Waals surface area contributed by atoms with E-state index in [-0.39, 0.29) is 18.1 Å². The summed E-state index contributed by atoms with van der Waals surface area (Å²) >= 11 is 0. The molecule has 10 heteroatoms. The molecule has 1 aromatic carbocycles. The molecule has 0 saturated carbocycles. The van der Waals surface area contributed by atoms with E-state index in [1.165, 1.54) is 19.1 Å². The van der Waals surface area contributed by atoms with E-state index in [4.69, 9.17) is 4.52 Å². The van der Waals surface area contributed by atoms with Crippen LogP contribution in [0.5, 0.6) is 0 Å². The molecule has 2 aromatic rings. The predicted molar refractivity (Wildman–Crippen MR) is 92.6 cm³/mol. The van der Waals surface area contributed by atoms with Crippen molar-refractivity contribution < 1.29 is 22.5 Å². The van der Waals surface area contributed by atoms with E-state index in [0.29, 0.717) is 17.1 Å². The number of aryl methyl sites for hydroxylation is 1. The molecule has 0 atom stereocenters. The lowest BCUT2D eigenvalue weighted by molar-refractivity contribution is -0.116. The van der Waals surface area contributed by atoms with Gasteiger partial charge in [-0.3, -0.25) is 14.3 Å². The van der Waals surface area contributed by atoms with Gasteiger partial charge in [0, 0.05) is 25.1 Å². The van der Waals surface area contributed by atoms with Gasteiger partial charge in [-0.1, -0.05) is 11.2 Å². The molecule has 0 fully saturated rings. The number of aromatic nitrogens is 1. The van der Waals surface area contributed by atoms with Gasteiger partial charge in [0.1, 0.15) is 5.76 Å². The van der Waals surface area contributed by atoms with Crippen molar-refractivity contribution in [2.75, 3.05) is 21.1 Å². The second-order valence-corrected chi connectivity index (χ2v) is 7.15. The molecule has 3 N–H and O–H groups in total. The van der Waals surface area contributed by atoms with E-state index in [1.807, 2.05) is 0 Å². The first-order valence-electron chi connectivity index (χ1n) is 7.35. The average Bonchev–Trinajstić information content (AvgIpc) is 2.89. The van der Waals surface area contributed by atoms with Crippen LogP contribution in [0, 0.1) is 6.92 Å². The summed E-state index contributed by atoms with van der Waals surface area (Å²) in [5.74, 6) is -0.398. The molecular formula is C15H18N4O5S. The van der Waals surface area contributed by atoms with Crippen LogP contribution in [0.15, 0.2) is 34.9 Å². The second kappa shape index (κ2) is 7.79. The first kappa shape index (κ1) is 18.5. The number of sulfonamides is 1. The summed E-state index contributed by atoms with van der Waals surface area (Å²) in [5.41, 5.74) is 0.755. The highest BCUT2D eigenvalue weighted by Gasteiger charge is 2.15. The van der Waals surface area contributed by atoms with Crippen LogP contribution in [0.2, 0.25) is 0 Å². The molecule has 25 heavy (non-hydrogen) atoms. The van der Waals surface area contributed by atoms with Crippen molar-refractivity contribution in [3.8, 4) is 0 Å². The molecule has 0 aliphatic rings. The number of hydrogen-bond donors (Lipinski definition) is 3. The Morgan fingerprint density at radius 3 is 2.52 bits per heavy atom. The number of carbonyl (C=O) groups is 2. The van der Waals surface area contributed by atoms with Crippen LogP contribution in [0.3, 0.4) is 0 Å². The number of anilines is 3. The summed E-state index contributed by atoms with van der Waals surface area (Å²) in [5, 5.41) is 8.60. The molecule has 0 radical (unpaired) electrons. The minimum atomic E-state index is -3.73. The largest absolute Gasteiger partial charge is 0.360 e. The highest BCUT2D eigenvalue weighted by Crippen LogP contribution is 2.16. The third kappa shape index (κ3) is 6.26. The fourth-order valence-electron chi connectivity index (χ4n) is 1.95. The molecule has 1 heterocycles. The third-order valence-corrected chi connectivity index (χ3v) is 4.24. The summed E-state index contributed by atoms with van der Waals surface area (Å²) in [7, 11) is -3.73. The zero-order valence-corrected chi connectivity index (χ0v) is 14.5. The first-order chi connectivity index (χ1) is 11.7. The maximum Gasteiger partial charge on any atom is 0.233 e. The van der Waals surface area contributed by atoms with Crippen molar-refractivity contribution in [2.45, 2.75) is 20.3 Å².